The van der Waals surface area contributed by atoms with Gasteiger partial charge in [0.05, 0.1) is 11.6 Å². The summed E-state index contributed by atoms with van der Waals surface area (Å²) in [6.45, 7) is 8.02. The second-order valence-electron chi connectivity index (χ2n) is 8.36. The van der Waals surface area contributed by atoms with Crippen molar-refractivity contribution in [1.82, 2.24) is 16.1 Å². The molecule has 2 rings (SSSR count). The molecule has 0 saturated carbocycles. The second-order valence-corrected chi connectivity index (χ2v) is 9.32. The van der Waals surface area contributed by atoms with Crippen molar-refractivity contribution >= 4 is 35.1 Å². The predicted molar refractivity (Wildman–Crippen MR) is 122 cm³/mol. The maximum Gasteiger partial charge on any atom is 0.408 e. The van der Waals surface area contributed by atoms with Gasteiger partial charge in [0.25, 0.3) is 0 Å². The third-order valence-corrected chi connectivity index (χ3v) is 5.43. The smallest absolute Gasteiger partial charge is 0.408 e. The van der Waals surface area contributed by atoms with Crippen LogP contribution in [0.3, 0.4) is 0 Å². The van der Waals surface area contributed by atoms with Crippen LogP contribution in [0.2, 0.25) is 0 Å². The summed E-state index contributed by atoms with van der Waals surface area (Å²) in [7, 11) is 0. The standard InChI is InChI=1S/C22H32N4O4S/c1-14(2)10-17(19(27)21-26-23-13-31-21)24-20(28)18(11-15(3)4)25-22(29)30-12-16-8-6-5-7-9-16/h5-9,13-15,17-18,21,26H,10-12H2,1-4H3,(H,24,28)(H,25,29)/t17-,18-,21?/m0/s1. The van der Waals surface area contributed by atoms with E-state index in [1.54, 1.807) is 5.55 Å². The Kier molecular flexibility index (Phi) is 9.84. The average molecular weight is 449 g/mol. The zero-order valence-electron chi connectivity index (χ0n) is 18.5. The fourth-order valence-corrected chi connectivity index (χ4v) is 3.80. The largest absolute Gasteiger partial charge is 0.445 e. The molecule has 170 valence electrons. The van der Waals surface area contributed by atoms with Crippen molar-refractivity contribution in [3.63, 3.8) is 0 Å². The number of hydrogen-bond donors (Lipinski definition) is 3. The van der Waals surface area contributed by atoms with Gasteiger partial charge >= 0.3 is 6.09 Å². The first kappa shape index (κ1) is 24.7. The van der Waals surface area contributed by atoms with E-state index in [0.717, 1.165) is 5.56 Å². The van der Waals surface area contributed by atoms with Gasteiger partial charge in [-0.15, -0.1) is 0 Å². The maximum absolute atomic E-state index is 13.0. The SMILES string of the molecule is CC(C)C[C@H](NC(=O)OCc1ccccc1)C(=O)N[C@@H](CC(C)C)C(=O)C1NN=CS1. The van der Waals surface area contributed by atoms with Gasteiger partial charge < -0.3 is 15.4 Å². The average Bonchev–Trinajstić information content (AvgIpc) is 3.25. The predicted octanol–water partition coefficient (Wildman–Crippen LogP) is 3.03. The van der Waals surface area contributed by atoms with Crippen LogP contribution in [0.25, 0.3) is 0 Å². The Morgan fingerprint density at radius 3 is 2.26 bits per heavy atom. The van der Waals surface area contributed by atoms with Gasteiger partial charge in [0, 0.05) is 0 Å². The van der Waals surface area contributed by atoms with Crippen molar-refractivity contribution in [3.8, 4) is 0 Å². The van der Waals surface area contributed by atoms with Gasteiger partial charge in [-0.2, -0.15) is 5.10 Å². The first-order valence-corrected chi connectivity index (χ1v) is 11.4. The van der Waals surface area contributed by atoms with Crippen LogP contribution in [0, 0.1) is 11.8 Å². The lowest BCUT2D eigenvalue weighted by molar-refractivity contribution is -0.129. The lowest BCUT2D eigenvalue weighted by atomic mass is 9.98. The van der Waals surface area contributed by atoms with Crippen molar-refractivity contribution in [2.24, 2.45) is 16.9 Å². The number of rotatable bonds is 11. The molecule has 2 amide bonds. The Labute approximate surface area is 188 Å². The molecule has 0 fully saturated rings. The van der Waals surface area contributed by atoms with Crippen LogP contribution in [-0.2, 0) is 20.9 Å². The minimum Gasteiger partial charge on any atom is -0.445 e. The molecule has 0 bridgehead atoms. The monoisotopic (exact) mass is 448 g/mol. The third-order valence-electron chi connectivity index (χ3n) is 4.60. The molecule has 0 aromatic heterocycles. The quantitative estimate of drug-likeness (QED) is 0.480. The summed E-state index contributed by atoms with van der Waals surface area (Å²) in [5.74, 6) is -0.174. The Bertz CT molecular complexity index is 762. The van der Waals surface area contributed by atoms with Gasteiger partial charge in [0.2, 0.25) is 5.91 Å². The molecule has 0 spiro atoms. The van der Waals surface area contributed by atoms with Crippen molar-refractivity contribution in [3.05, 3.63) is 35.9 Å². The molecule has 1 aliphatic rings. The van der Waals surface area contributed by atoms with E-state index >= 15 is 0 Å². The van der Waals surface area contributed by atoms with Crippen molar-refractivity contribution in [1.29, 1.82) is 0 Å². The first-order chi connectivity index (χ1) is 14.8. The topological polar surface area (TPSA) is 109 Å². The van der Waals surface area contributed by atoms with Crippen molar-refractivity contribution < 1.29 is 19.1 Å². The maximum atomic E-state index is 13.0. The Hall–Kier alpha value is -2.55. The van der Waals surface area contributed by atoms with E-state index in [0.29, 0.717) is 12.8 Å². The zero-order valence-corrected chi connectivity index (χ0v) is 19.3. The second kappa shape index (κ2) is 12.3. The molecule has 8 nitrogen and oxygen atoms in total. The molecular weight excluding hydrogens is 416 g/mol. The summed E-state index contributed by atoms with van der Waals surface area (Å²) in [4.78, 5) is 38.2. The van der Waals surface area contributed by atoms with E-state index in [-0.39, 0.29) is 24.2 Å². The van der Waals surface area contributed by atoms with Gasteiger partial charge in [-0.05, 0) is 30.2 Å². The van der Waals surface area contributed by atoms with Crippen molar-refractivity contribution in [2.45, 2.75) is 64.6 Å². The molecule has 9 heteroatoms. The van der Waals surface area contributed by atoms with Crippen LogP contribution in [0.5, 0.6) is 0 Å². The summed E-state index contributed by atoms with van der Waals surface area (Å²) in [6, 6.07) is 7.84. The van der Waals surface area contributed by atoms with E-state index in [1.165, 1.54) is 11.8 Å². The number of ketones is 1. The fourth-order valence-electron chi connectivity index (χ4n) is 3.13. The molecule has 1 unspecified atom stereocenters. The molecule has 0 radical (unpaired) electrons. The van der Waals surface area contributed by atoms with Crippen LogP contribution in [-0.4, -0.2) is 40.8 Å². The number of nitrogens with zero attached hydrogens (tertiary/aromatic N) is 1. The third kappa shape index (κ3) is 8.61. The lowest BCUT2D eigenvalue weighted by Crippen LogP contribution is -2.54. The van der Waals surface area contributed by atoms with Crippen LogP contribution < -0.4 is 16.1 Å². The summed E-state index contributed by atoms with van der Waals surface area (Å²) < 4.78 is 5.26. The van der Waals surface area contributed by atoms with Crippen LogP contribution >= 0.6 is 11.8 Å². The molecule has 3 atom stereocenters. The van der Waals surface area contributed by atoms with E-state index in [2.05, 4.69) is 21.2 Å². The number of benzene rings is 1. The van der Waals surface area contributed by atoms with Crippen molar-refractivity contribution in [2.75, 3.05) is 0 Å². The van der Waals surface area contributed by atoms with Gasteiger partial charge in [0.15, 0.2) is 11.2 Å². The zero-order chi connectivity index (χ0) is 22.8. The van der Waals surface area contributed by atoms with Crippen LogP contribution in [0.4, 0.5) is 4.79 Å². The number of hydrogen-bond acceptors (Lipinski definition) is 7. The number of alkyl carbamates (subject to hydrolysis) is 1. The molecule has 0 aliphatic carbocycles. The molecule has 3 N–H and O–H groups in total. The molecule has 1 aliphatic heterocycles. The lowest BCUT2D eigenvalue weighted by Gasteiger charge is -2.26. The molecule has 1 heterocycles. The fraction of sp³-hybridized carbons (Fsp3) is 0.545. The van der Waals surface area contributed by atoms with Gasteiger partial charge in [-0.3, -0.25) is 15.0 Å². The number of carbonyl (C=O) groups excluding carboxylic acids is 3. The summed E-state index contributed by atoms with van der Waals surface area (Å²) >= 11 is 1.27. The highest BCUT2D eigenvalue weighted by Gasteiger charge is 2.33. The number of hydrazone groups is 1. The molecule has 1 aromatic rings. The molecule has 31 heavy (non-hydrogen) atoms. The highest BCUT2D eigenvalue weighted by molar-refractivity contribution is 8.13. The number of amides is 2. The molecule has 1 aromatic carbocycles. The van der Waals surface area contributed by atoms with Crippen LogP contribution in [0.1, 0.15) is 46.1 Å². The van der Waals surface area contributed by atoms with Crippen LogP contribution in [0.15, 0.2) is 35.4 Å². The van der Waals surface area contributed by atoms with Gasteiger partial charge in [-0.1, -0.05) is 69.8 Å². The summed E-state index contributed by atoms with van der Waals surface area (Å²) in [5, 5.41) is 8.85. The summed E-state index contributed by atoms with van der Waals surface area (Å²) in [6.07, 6.45) is 0.252. The Balaban J connectivity index is 1.99. The Morgan fingerprint density at radius 2 is 1.68 bits per heavy atom. The number of Topliss-reactive ketones (excluding diaryl/α,β-unsaturated/α-hetero) is 1. The van der Waals surface area contributed by atoms with Gasteiger partial charge in [0.1, 0.15) is 12.6 Å². The molecule has 0 saturated heterocycles. The Morgan fingerprint density at radius 1 is 1.03 bits per heavy atom. The summed E-state index contributed by atoms with van der Waals surface area (Å²) in [5.41, 5.74) is 5.18. The number of ether oxygens (including phenoxy) is 1. The number of carbonyl (C=O) groups is 3. The van der Waals surface area contributed by atoms with E-state index < -0.39 is 29.5 Å². The first-order valence-electron chi connectivity index (χ1n) is 10.5. The number of thioether (sulfide) groups is 1. The minimum absolute atomic E-state index is 0.113. The normalized spacial score (nSPS) is 17.2. The molecular formula is C22H32N4O4S. The van der Waals surface area contributed by atoms with E-state index in [9.17, 15) is 14.4 Å². The van der Waals surface area contributed by atoms with E-state index in [1.807, 2.05) is 58.0 Å². The number of nitrogens with one attached hydrogen (secondary N) is 3. The minimum atomic E-state index is -0.800. The van der Waals surface area contributed by atoms with Gasteiger partial charge in [-0.25, -0.2) is 4.79 Å². The van der Waals surface area contributed by atoms with E-state index in [4.69, 9.17) is 4.74 Å². The highest BCUT2D eigenvalue weighted by atomic mass is 32.2. The highest BCUT2D eigenvalue weighted by Crippen LogP contribution is 2.17.